The number of ether oxygens (including phenoxy) is 3. The van der Waals surface area contributed by atoms with Gasteiger partial charge in [0.2, 0.25) is 6.79 Å². The summed E-state index contributed by atoms with van der Waals surface area (Å²) in [6.07, 6.45) is 7.23. The highest BCUT2D eigenvalue weighted by molar-refractivity contribution is 5.59. The number of fused-ring (bicyclic) bond motifs is 1. The van der Waals surface area contributed by atoms with Gasteiger partial charge in [-0.05, 0) is 23.8 Å². The summed E-state index contributed by atoms with van der Waals surface area (Å²) in [5, 5.41) is 0. The van der Waals surface area contributed by atoms with Crippen LogP contribution in [0.15, 0.2) is 51.7 Å². The molecule has 0 unspecified atom stereocenters. The molecular formula is C17H14O5. The van der Waals surface area contributed by atoms with Gasteiger partial charge < -0.3 is 18.6 Å². The molecule has 0 fully saturated rings. The molecule has 1 aromatic carbocycles. The molecule has 0 saturated heterocycles. The van der Waals surface area contributed by atoms with E-state index >= 15 is 0 Å². The third kappa shape index (κ3) is 3.20. The fourth-order valence-electron chi connectivity index (χ4n) is 2.01. The molecular weight excluding hydrogens is 284 g/mol. The van der Waals surface area contributed by atoms with E-state index in [4.69, 9.17) is 18.6 Å². The maximum atomic E-state index is 11.3. The minimum atomic E-state index is -0.446. The van der Waals surface area contributed by atoms with Crippen LogP contribution in [0.25, 0.3) is 12.2 Å². The van der Waals surface area contributed by atoms with Gasteiger partial charge in [-0.1, -0.05) is 24.3 Å². The summed E-state index contributed by atoms with van der Waals surface area (Å²) in [6.45, 7) is 0.261. The summed E-state index contributed by atoms with van der Waals surface area (Å²) < 4.78 is 20.6. The minimum Gasteiger partial charge on any atom is -0.496 e. The topological polar surface area (TPSA) is 57.9 Å². The third-order valence-corrected chi connectivity index (χ3v) is 3.06. The average Bonchev–Trinajstić information content (AvgIpc) is 2.98. The van der Waals surface area contributed by atoms with Gasteiger partial charge in [0.25, 0.3) is 0 Å². The zero-order valence-electron chi connectivity index (χ0n) is 11.9. The van der Waals surface area contributed by atoms with E-state index in [1.54, 1.807) is 18.2 Å². The van der Waals surface area contributed by atoms with Crippen molar-refractivity contribution < 1.29 is 18.6 Å². The lowest BCUT2D eigenvalue weighted by Crippen LogP contribution is -1.98. The maximum absolute atomic E-state index is 11.3. The fraction of sp³-hybridized carbons (Fsp3) is 0.118. The van der Waals surface area contributed by atoms with Crippen LogP contribution in [-0.4, -0.2) is 13.9 Å². The maximum Gasteiger partial charge on any atom is 0.339 e. The zero-order chi connectivity index (χ0) is 15.4. The van der Waals surface area contributed by atoms with Crippen molar-refractivity contribution in [2.45, 2.75) is 0 Å². The first kappa shape index (κ1) is 14.0. The Labute approximate surface area is 127 Å². The first-order valence-corrected chi connectivity index (χ1v) is 6.68. The van der Waals surface area contributed by atoms with E-state index in [9.17, 15) is 4.79 Å². The lowest BCUT2D eigenvalue weighted by atomic mass is 10.2. The first-order valence-electron chi connectivity index (χ1n) is 6.68. The largest absolute Gasteiger partial charge is 0.496 e. The number of methoxy groups -OCH3 is 1. The Hall–Kier alpha value is -2.95. The number of hydrogen-bond donors (Lipinski definition) is 0. The van der Waals surface area contributed by atoms with Crippen LogP contribution in [-0.2, 0) is 0 Å². The second kappa shape index (κ2) is 6.22. The van der Waals surface area contributed by atoms with Crippen LogP contribution < -0.4 is 19.8 Å². The molecule has 0 radical (unpaired) electrons. The Morgan fingerprint density at radius 1 is 1.05 bits per heavy atom. The summed E-state index contributed by atoms with van der Waals surface area (Å²) in [5.74, 6) is 2.39. The van der Waals surface area contributed by atoms with Gasteiger partial charge in [0, 0.05) is 6.07 Å². The smallest absolute Gasteiger partial charge is 0.339 e. The standard InChI is InChI=1S/C17H14O5/c1-19-14-9-13(22-17(18)10-14)5-3-2-4-12-6-7-15-16(8-12)21-11-20-15/h2-10H,11H2,1H3/b4-2-,5-3+. The molecule has 1 aliphatic heterocycles. The molecule has 0 aliphatic carbocycles. The molecule has 0 bridgehead atoms. The highest BCUT2D eigenvalue weighted by Gasteiger charge is 2.11. The van der Waals surface area contributed by atoms with Gasteiger partial charge in [0.1, 0.15) is 11.5 Å². The quantitative estimate of drug-likeness (QED) is 0.812. The number of hydrogen-bond acceptors (Lipinski definition) is 5. The predicted molar refractivity (Wildman–Crippen MR) is 82.2 cm³/mol. The van der Waals surface area contributed by atoms with Crippen molar-refractivity contribution >= 4 is 12.2 Å². The van der Waals surface area contributed by atoms with Crippen LogP contribution in [0, 0.1) is 0 Å². The van der Waals surface area contributed by atoms with Gasteiger partial charge in [0.15, 0.2) is 11.5 Å². The average molecular weight is 298 g/mol. The van der Waals surface area contributed by atoms with E-state index in [1.807, 2.05) is 30.4 Å². The Balaban J connectivity index is 1.71. The number of allylic oxidation sites excluding steroid dienone is 2. The second-order valence-electron chi connectivity index (χ2n) is 4.55. The molecule has 2 heterocycles. The Morgan fingerprint density at radius 3 is 2.73 bits per heavy atom. The monoisotopic (exact) mass is 298 g/mol. The van der Waals surface area contributed by atoms with Crippen molar-refractivity contribution in [2.75, 3.05) is 13.9 Å². The molecule has 22 heavy (non-hydrogen) atoms. The summed E-state index contributed by atoms with van der Waals surface area (Å²) in [7, 11) is 1.50. The van der Waals surface area contributed by atoms with Crippen LogP contribution in [0.1, 0.15) is 11.3 Å². The van der Waals surface area contributed by atoms with Gasteiger partial charge in [-0.3, -0.25) is 0 Å². The van der Waals surface area contributed by atoms with Crippen LogP contribution in [0.4, 0.5) is 0 Å². The van der Waals surface area contributed by atoms with Crippen LogP contribution >= 0.6 is 0 Å². The van der Waals surface area contributed by atoms with Crippen molar-refractivity contribution in [2.24, 2.45) is 0 Å². The number of rotatable bonds is 4. The normalized spacial score (nSPS) is 13.1. The van der Waals surface area contributed by atoms with Crippen molar-refractivity contribution in [3.8, 4) is 17.2 Å². The lowest BCUT2D eigenvalue weighted by Gasteiger charge is -1.98. The molecule has 0 saturated carbocycles. The summed E-state index contributed by atoms with van der Waals surface area (Å²) in [5.41, 5.74) is 0.541. The van der Waals surface area contributed by atoms with E-state index in [0.717, 1.165) is 17.1 Å². The van der Waals surface area contributed by atoms with Crippen LogP contribution in [0.3, 0.4) is 0 Å². The molecule has 0 amide bonds. The third-order valence-electron chi connectivity index (χ3n) is 3.06. The molecule has 112 valence electrons. The van der Waals surface area contributed by atoms with Gasteiger partial charge in [0.05, 0.1) is 13.2 Å². The van der Waals surface area contributed by atoms with E-state index in [1.165, 1.54) is 13.2 Å². The van der Waals surface area contributed by atoms with Gasteiger partial charge in [-0.15, -0.1) is 0 Å². The molecule has 5 nitrogen and oxygen atoms in total. The fourth-order valence-corrected chi connectivity index (χ4v) is 2.01. The molecule has 0 atom stereocenters. The van der Waals surface area contributed by atoms with E-state index in [2.05, 4.69) is 0 Å². The minimum absolute atomic E-state index is 0.261. The zero-order valence-corrected chi connectivity index (χ0v) is 11.9. The van der Waals surface area contributed by atoms with Crippen molar-refractivity contribution in [1.82, 2.24) is 0 Å². The van der Waals surface area contributed by atoms with E-state index in [0.29, 0.717) is 11.5 Å². The molecule has 0 spiro atoms. The Morgan fingerprint density at radius 2 is 1.86 bits per heavy atom. The highest BCUT2D eigenvalue weighted by Crippen LogP contribution is 2.32. The SMILES string of the molecule is COc1cc(/C=C/C=C\c2ccc3c(c2)OCO3)oc(=O)c1. The predicted octanol–water partition coefficient (Wildman–Crippen LogP) is 3.10. The second-order valence-corrected chi connectivity index (χ2v) is 4.55. The van der Waals surface area contributed by atoms with Crippen LogP contribution in [0.5, 0.6) is 17.2 Å². The van der Waals surface area contributed by atoms with E-state index < -0.39 is 5.63 Å². The summed E-state index contributed by atoms with van der Waals surface area (Å²) >= 11 is 0. The molecule has 3 rings (SSSR count). The van der Waals surface area contributed by atoms with Crippen molar-refractivity contribution in [1.29, 1.82) is 0 Å². The van der Waals surface area contributed by atoms with Gasteiger partial charge in [-0.2, -0.15) is 0 Å². The van der Waals surface area contributed by atoms with Crippen LogP contribution in [0.2, 0.25) is 0 Å². The Bertz CT molecular complexity index is 786. The molecule has 0 N–H and O–H groups in total. The highest BCUT2D eigenvalue weighted by atomic mass is 16.7. The summed E-state index contributed by atoms with van der Waals surface area (Å²) in [6, 6.07) is 8.64. The van der Waals surface area contributed by atoms with Gasteiger partial charge in [-0.25, -0.2) is 4.79 Å². The molecule has 2 aromatic rings. The summed E-state index contributed by atoms with van der Waals surface area (Å²) in [4.78, 5) is 11.3. The van der Waals surface area contributed by atoms with Crippen molar-refractivity contribution in [3.05, 3.63) is 64.2 Å². The first-order chi connectivity index (χ1) is 10.7. The van der Waals surface area contributed by atoms with E-state index in [-0.39, 0.29) is 6.79 Å². The van der Waals surface area contributed by atoms with Crippen molar-refractivity contribution in [3.63, 3.8) is 0 Å². The number of benzene rings is 1. The lowest BCUT2D eigenvalue weighted by molar-refractivity contribution is 0.174. The molecule has 5 heteroatoms. The molecule has 1 aliphatic rings. The molecule has 1 aromatic heterocycles. The van der Waals surface area contributed by atoms with Gasteiger partial charge >= 0.3 is 5.63 Å². The Kier molecular flexibility index (Phi) is 3.96.